The number of likely N-dealkylation sites (tertiary alicyclic amines) is 1. The van der Waals surface area contributed by atoms with Crippen LogP contribution in [-0.4, -0.2) is 34.5 Å². The predicted molar refractivity (Wildman–Crippen MR) is 60.8 cm³/mol. The molecule has 2 atom stereocenters. The smallest absolute Gasteiger partial charge is 0.233 e. The third kappa shape index (κ3) is 1.71. The number of rotatable bonds is 2. The Morgan fingerprint density at radius 3 is 2.12 bits per heavy atom. The van der Waals surface area contributed by atoms with Gasteiger partial charge in [0.15, 0.2) is 0 Å². The van der Waals surface area contributed by atoms with E-state index in [0.717, 1.165) is 12.8 Å². The van der Waals surface area contributed by atoms with E-state index in [1.165, 1.54) is 4.90 Å². The van der Waals surface area contributed by atoms with Crippen molar-refractivity contribution >= 4 is 11.8 Å². The molecule has 0 bridgehead atoms. The fourth-order valence-corrected chi connectivity index (χ4v) is 3.16. The molecule has 92 valence electrons. The number of fused-ring (bicyclic) bond motifs is 1. The van der Waals surface area contributed by atoms with Gasteiger partial charge in [0.05, 0.1) is 17.9 Å². The summed E-state index contributed by atoms with van der Waals surface area (Å²) in [5.41, 5.74) is 0. The number of nitrogens with zero attached hydrogens (tertiary/aromatic N) is 1. The summed E-state index contributed by atoms with van der Waals surface area (Å²) in [5, 5.41) is 9.23. The normalized spacial score (nSPS) is 40.4. The quantitative estimate of drug-likeness (QED) is 0.566. The molecule has 0 aromatic carbocycles. The number of hydrogen-bond acceptors (Lipinski definition) is 3. The lowest BCUT2D eigenvalue weighted by molar-refractivity contribution is -0.141. The van der Waals surface area contributed by atoms with Gasteiger partial charge in [-0.2, -0.15) is 0 Å². The minimum Gasteiger partial charge on any atom is -0.393 e. The van der Waals surface area contributed by atoms with E-state index in [9.17, 15) is 14.7 Å². The van der Waals surface area contributed by atoms with Crippen LogP contribution in [0, 0.1) is 17.8 Å². The molecule has 0 spiro atoms. The van der Waals surface area contributed by atoms with Gasteiger partial charge in [0.1, 0.15) is 0 Å². The Kier molecular flexibility index (Phi) is 2.54. The molecule has 4 nitrogen and oxygen atoms in total. The molecular formula is C13H17NO3. The summed E-state index contributed by atoms with van der Waals surface area (Å²) in [5.74, 6) is 0.0949. The maximum atomic E-state index is 12.1. The molecule has 1 saturated heterocycles. The summed E-state index contributed by atoms with van der Waals surface area (Å²) in [6.45, 7) is 0.516. The lowest BCUT2D eigenvalue weighted by atomic mass is 9.82. The van der Waals surface area contributed by atoms with E-state index < -0.39 is 0 Å². The van der Waals surface area contributed by atoms with Crippen LogP contribution >= 0.6 is 0 Å². The minimum atomic E-state index is -0.225. The molecule has 1 aliphatic heterocycles. The van der Waals surface area contributed by atoms with Crippen molar-refractivity contribution in [2.75, 3.05) is 6.54 Å². The van der Waals surface area contributed by atoms with Crippen LogP contribution in [0.25, 0.3) is 0 Å². The van der Waals surface area contributed by atoms with Crippen LogP contribution in [0.15, 0.2) is 12.2 Å². The maximum absolute atomic E-state index is 12.1. The third-order valence-electron chi connectivity index (χ3n) is 4.25. The van der Waals surface area contributed by atoms with Crippen molar-refractivity contribution in [3.05, 3.63) is 12.2 Å². The Balaban J connectivity index is 1.69. The summed E-state index contributed by atoms with van der Waals surface area (Å²) >= 11 is 0. The lowest BCUT2D eigenvalue weighted by Gasteiger charge is -2.33. The molecule has 2 unspecified atom stereocenters. The standard InChI is InChI=1S/C13H17NO3/c15-9-5-8(6-9)7-14-12(16)10-3-1-2-4-11(10)13(14)17/h1-2,8-11,15H,3-7H2. The van der Waals surface area contributed by atoms with Crippen molar-refractivity contribution in [3.63, 3.8) is 0 Å². The van der Waals surface area contributed by atoms with E-state index in [1.54, 1.807) is 0 Å². The van der Waals surface area contributed by atoms with Crippen molar-refractivity contribution in [3.8, 4) is 0 Å². The fraction of sp³-hybridized carbons (Fsp3) is 0.692. The van der Waals surface area contributed by atoms with Crippen LogP contribution in [0.2, 0.25) is 0 Å². The van der Waals surface area contributed by atoms with Gasteiger partial charge >= 0.3 is 0 Å². The highest BCUT2D eigenvalue weighted by atomic mass is 16.3. The van der Waals surface area contributed by atoms with Gasteiger partial charge in [-0.3, -0.25) is 14.5 Å². The molecule has 0 aromatic rings. The molecule has 1 N–H and O–H groups in total. The number of amides is 2. The fourth-order valence-electron chi connectivity index (χ4n) is 3.16. The van der Waals surface area contributed by atoms with Gasteiger partial charge in [-0.1, -0.05) is 12.2 Å². The zero-order valence-electron chi connectivity index (χ0n) is 9.71. The number of aliphatic hydroxyl groups excluding tert-OH is 1. The second kappa shape index (κ2) is 3.95. The van der Waals surface area contributed by atoms with Gasteiger partial charge in [-0.15, -0.1) is 0 Å². The maximum Gasteiger partial charge on any atom is 0.233 e. The zero-order chi connectivity index (χ0) is 12.0. The Morgan fingerprint density at radius 1 is 1.12 bits per heavy atom. The average molecular weight is 235 g/mol. The molecule has 0 radical (unpaired) electrons. The Morgan fingerprint density at radius 2 is 1.65 bits per heavy atom. The average Bonchev–Trinajstić information content (AvgIpc) is 2.53. The first-order chi connectivity index (χ1) is 8.16. The number of carbonyl (C=O) groups is 2. The Bertz CT molecular complexity index is 358. The lowest BCUT2D eigenvalue weighted by Crippen LogP contribution is -2.41. The van der Waals surface area contributed by atoms with Crippen molar-refractivity contribution in [1.82, 2.24) is 4.90 Å². The summed E-state index contributed by atoms with van der Waals surface area (Å²) in [6.07, 6.45) is 6.65. The molecule has 2 amide bonds. The van der Waals surface area contributed by atoms with Crippen LogP contribution < -0.4 is 0 Å². The number of aliphatic hydroxyl groups is 1. The predicted octanol–water partition coefficient (Wildman–Crippen LogP) is 0.709. The summed E-state index contributed by atoms with van der Waals surface area (Å²) in [7, 11) is 0. The highest BCUT2D eigenvalue weighted by Crippen LogP contribution is 2.37. The van der Waals surface area contributed by atoms with Crippen molar-refractivity contribution in [2.45, 2.75) is 31.8 Å². The van der Waals surface area contributed by atoms with E-state index in [0.29, 0.717) is 25.3 Å². The topological polar surface area (TPSA) is 57.6 Å². The van der Waals surface area contributed by atoms with Crippen LogP contribution in [0.3, 0.4) is 0 Å². The van der Waals surface area contributed by atoms with Crippen LogP contribution in [0.5, 0.6) is 0 Å². The molecule has 4 heteroatoms. The molecule has 1 saturated carbocycles. The minimum absolute atomic E-state index is 0.00531. The monoisotopic (exact) mass is 235 g/mol. The van der Waals surface area contributed by atoms with Crippen LogP contribution in [0.1, 0.15) is 25.7 Å². The summed E-state index contributed by atoms with van der Waals surface area (Å²) in [4.78, 5) is 25.7. The summed E-state index contributed by atoms with van der Waals surface area (Å²) in [6, 6.07) is 0. The van der Waals surface area contributed by atoms with E-state index in [4.69, 9.17) is 0 Å². The van der Waals surface area contributed by atoms with Crippen molar-refractivity contribution in [2.24, 2.45) is 17.8 Å². The second-order valence-corrected chi connectivity index (χ2v) is 5.43. The van der Waals surface area contributed by atoms with Crippen molar-refractivity contribution in [1.29, 1.82) is 0 Å². The van der Waals surface area contributed by atoms with Gasteiger partial charge in [-0.25, -0.2) is 0 Å². The third-order valence-corrected chi connectivity index (χ3v) is 4.25. The number of carbonyl (C=O) groups excluding carboxylic acids is 2. The van der Waals surface area contributed by atoms with Crippen molar-refractivity contribution < 1.29 is 14.7 Å². The Hall–Kier alpha value is -1.16. The van der Waals surface area contributed by atoms with Crippen LogP contribution in [-0.2, 0) is 9.59 Å². The van der Waals surface area contributed by atoms with Gasteiger partial charge in [-0.05, 0) is 31.6 Å². The van der Waals surface area contributed by atoms with E-state index in [-0.39, 0.29) is 29.8 Å². The highest BCUT2D eigenvalue weighted by Gasteiger charge is 2.48. The molecule has 2 aliphatic carbocycles. The number of allylic oxidation sites excluding steroid dienone is 2. The molecule has 3 rings (SSSR count). The van der Waals surface area contributed by atoms with E-state index in [2.05, 4.69) is 0 Å². The molecule has 17 heavy (non-hydrogen) atoms. The van der Waals surface area contributed by atoms with E-state index >= 15 is 0 Å². The first-order valence-electron chi connectivity index (χ1n) is 6.35. The summed E-state index contributed by atoms with van der Waals surface area (Å²) < 4.78 is 0. The first-order valence-corrected chi connectivity index (χ1v) is 6.35. The second-order valence-electron chi connectivity index (χ2n) is 5.43. The molecule has 2 fully saturated rings. The van der Waals surface area contributed by atoms with Gasteiger partial charge in [0, 0.05) is 6.54 Å². The SMILES string of the molecule is O=C1C2CC=CCC2C(=O)N1CC1CC(O)C1. The molecule has 3 aliphatic rings. The highest BCUT2D eigenvalue weighted by molar-refractivity contribution is 6.05. The van der Waals surface area contributed by atoms with Gasteiger partial charge < -0.3 is 5.11 Å². The van der Waals surface area contributed by atoms with E-state index in [1.807, 2.05) is 12.2 Å². The molecular weight excluding hydrogens is 218 g/mol. The number of hydrogen-bond donors (Lipinski definition) is 1. The molecule has 1 heterocycles. The first kappa shape index (κ1) is 11.0. The molecule has 0 aromatic heterocycles. The van der Waals surface area contributed by atoms with Crippen LogP contribution in [0.4, 0.5) is 0 Å². The largest absolute Gasteiger partial charge is 0.393 e. The zero-order valence-corrected chi connectivity index (χ0v) is 9.71. The number of imide groups is 1. The van der Waals surface area contributed by atoms with Gasteiger partial charge in [0.2, 0.25) is 11.8 Å². The Labute approximate surface area is 100 Å². The van der Waals surface area contributed by atoms with Gasteiger partial charge in [0.25, 0.3) is 0 Å².